The number of aryl methyl sites for hydroxylation is 1. The topological polar surface area (TPSA) is 78.5 Å². The molecular formula is C17H21N3O3. The van der Waals surface area contributed by atoms with E-state index >= 15 is 0 Å². The lowest BCUT2D eigenvalue weighted by Gasteiger charge is -2.20. The van der Waals surface area contributed by atoms with E-state index in [1.54, 1.807) is 4.90 Å². The molecular weight excluding hydrogens is 294 g/mol. The van der Waals surface area contributed by atoms with Gasteiger partial charge in [0, 0.05) is 24.6 Å². The normalized spacial score (nSPS) is 20.5. The van der Waals surface area contributed by atoms with Crippen LogP contribution in [0.4, 0.5) is 5.69 Å². The number of amides is 3. The predicted molar refractivity (Wildman–Crippen MR) is 85.4 cm³/mol. The minimum Gasteiger partial charge on any atom is -0.311 e. The van der Waals surface area contributed by atoms with Gasteiger partial charge in [0.15, 0.2) is 0 Å². The van der Waals surface area contributed by atoms with Crippen LogP contribution in [0.25, 0.3) is 0 Å². The molecule has 1 heterocycles. The number of hydrogen-bond donors (Lipinski definition) is 2. The minimum atomic E-state index is -0.443. The Hall–Kier alpha value is -2.37. The van der Waals surface area contributed by atoms with Gasteiger partial charge in [-0.15, -0.1) is 0 Å². The molecule has 0 bridgehead atoms. The molecule has 0 unspecified atom stereocenters. The highest BCUT2D eigenvalue weighted by Crippen LogP contribution is 2.30. The number of hydrogen-bond acceptors (Lipinski definition) is 3. The summed E-state index contributed by atoms with van der Waals surface area (Å²) in [5, 5.41) is 0. The zero-order valence-corrected chi connectivity index (χ0v) is 13.4. The second-order valence-electron chi connectivity index (χ2n) is 6.38. The average molecular weight is 315 g/mol. The van der Waals surface area contributed by atoms with Crippen LogP contribution in [-0.4, -0.2) is 24.3 Å². The zero-order chi connectivity index (χ0) is 16.6. The number of anilines is 1. The van der Waals surface area contributed by atoms with Crippen molar-refractivity contribution < 1.29 is 14.4 Å². The van der Waals surface area contributed by atoms with Crippen LogP contribution < -0.4 is 15.8 Å². The highest BCUT2D eigenvalue weighted by molar-refractivity contribution is 6.01. The minimum absolute atomic E-state index is 0.0342. The highest BCUT2D eigenvalue weighted by Gasteiger charge is 2.36. The summed E-state index contributed by atoms with van der Waals surface area (Å²) in [6, 6.07) is 5.81. The standard InChI is InChI=1S/C17H21N3O3/c1-10-4-3-5-14(11(10)2)20-9-13(8-15(20)21)17(23)19-18-16(22)12-6-7-12/h3-5,12-13H,6-9H2,1-2H3,(H,18,22)(H,19,23)/t13-/m1/s1. The summed E-state index contributed by atoms with van der Waals surface area (Å²) in [6.07, 6.45) is 1.92. The molecule has 3 rings (SSSR count). The van der Waals surface area contributed by atoms with Crippen molar-refractivity contribution in [1.82, 2.24) is 10.9 Å². The summed E-state index contributed by atoms with van der Waals surface area (Å²) in [5.74, 6) is -0.921. The van der Waals surface area contributed by atoms with E-state index < -0.39 is 5.92 Å². The molecule has 0 radical (unpaired) electrons. The van der Waals surface area contributed by atoms with Crippen LogP contribution in [-0.2, 0) is 14.4 Å². The lowest BCUT2D eigenvalue weighted by atomic mass is 10.1. The van der Waals surface area contributed by atoms with E-state index in [1.807, 2.05) is 32.0 Å². The number of carbonyl (C=O) groups is 3. The molecule has 3 amide bonds. The van der Waals surface area contributed by atoms with Crippen molar-refractivity contribution in [3.05, 3.63) is 29.3 Å². The van der Waals surface area contributed by atoms with E-state index in [4.69, 9.17) is 0 Å². The van der Waals surface area contributed by atoms with Crippen molar-refractivity contribution in [2.75, 3.05) is 11.4 Å². The molecule has 1 aromatic carbocycles. The molecule has 23 heavy (non-hydrogen) atoms. The molecule has 1 saturated carbocycles. The molecule has 1 aliphatic carbocycles. The van der Waals surface area contributed by atoms with Crippen molar-refractivity contribution in [2.45, 2.75) is 33.1 Å². The fourth-order valence-corrected chi connectivity index (χ4v) is 2.82. The van der Waals surface area contributed by atoms with Gasteiger partial charge in [0.1, 0.15) is 0 Å². The number of nitrogens with one attached hydrogen (secondary N) is 2. The number of carbonyl (C=O) groups excluding carboxylic acids is 3. The first-order chi connectivity index (χ1) is 11.0. The van der Waals surface area contributed by atoms with Crippen LogP contribution >= 0.6 is 0 Å². The summed E-state index contributed by atoms with van der Waals surface area (Å²) in [7, 11) is 0. The Kier molecular flexibility index (Phi) is 4.07. The maximum Gasteiger partial charge on any atom is 0.243 e. The Morgan fingerprint density at radius 3 is 2.39 bits per heavy atom. The zero-order valence-electron chi connectivity index (χ0n) is 13.4. The van der Waals surface area contributed by atoms with Gasteiger partial charge in [-0.2, -0.15) is 0 Å². The van der Waals surface area contributed by atoms with Gasteiger partial charge in [0.05, 0.1) is 5.92 Å². The molecule has 1 aliphatic heterocycles. The van der Waals surface area contributed by atoms with Gasteiger partial charge in [-0.25, -0.2) is 0 Å². The number of benzene rings is 1. The molecule has 0 spiro atoms. The van der Waals surface area contributed by atoms with E-state index in [-0.39, 0.29) is 30.1 Å². The molecule has 1 aromatic rings. The van der Waals surface area contributed by atoms with Gasteiger partial charge < -0.3 is 4.90 Å². The van der Waals surface area contributed by atoms with E-state index in [2.05, 4.69) is 10.9 Å². The molecule has 1 saturated heterocycles. The summed E-state index contributed by atoms with van der Waals surface area (Å²) >= 11 is 0. The van der Waals surface area contributed by atoms with Crippen LogP contribution in [0.3, 0.4) is 0 Å². The quantitative estimate of drug-likeness (QED) is 0.823. The Morgan fingerprint density at radius 1 is 1.09 bits per heavy atom. The third-order valence-electron chi connectivity index (χ3n) is 4.62. The van der Waals surface area contributed by atoms with Crippen molar-refractivity contribution >= 4 is 23.4 Å². The fourth-order valence-electron chi connectivity index (χ4n) is 2.82. The van der Waals surface area contributed by atoms with Crippen molar-refractivity contribution in [1.29, 1.82) is 0 Å². The van der Waals surface area contributed by atoms with E-state index in [1.165, 1.54) is 0 Å². The van der Waals surface area contributed by atoms with Gasteiger partial charge in [0.2, 0.25) is 17.7 Å². The monoisotopic (exact) mass is 315 g/mol. The molecule has 6 heteroatoms. The summed E-state index contributed by atoms with van der Waals surface area (Å²) < 4.78 is 0. The van der Waals surface area contributed by atoms with E-state index in [9.17, 15) is 14.4 Å². The molecule has 2 fully saturated rings. The second kappa shape index (κ2) is 6.02. The predicted octanol–water partition coefficient (Wildman–Crippen LogP) is 1.21. The molecule has 2 N–H and O–H groups in total. The van der Waals surface area contributed by atoms with Gasteiger partial charge in [-0.1, -0.05) is 12.1 Å². The van der Waals surface area contributed by atoms with Gasteiger partial charge in [0.25, 0.3) is 0 Å². The molecule has 2 aliphatic rings. The van der Waals surface area contributed by atoms with Crippen LogP contribution in [0.15, 0.2) is 18.2 Å². The van der Waals surface area contributed by atoms with Gasteiger partial charge in [-0.05, 0) is 43.9 Å². The Morgan fingerprint density at radius 2 is 1.74 bits per heavy atom. The SMILES string of the molecule is Cc1cccc(N2C[C@H](C(=O)NNC(=O)C3CC3)CC2=O)c1C. The largest absolute Gasteiger partial charge is 0.311 e. The van der Waals surface area contributed by atoms with E-state index in [0.717, 1.165) is 29.7 Å². The third kappa shape index (κ3) is 3.21. The van der Waals surface area contributed by atoms with Crippen LogP contribution in [0, 0.1) is 25.7 Å². The second-order valence-corrected chi connectivity index (χ2v) is 6.38. The Labute approximate surface area is 135 Å². The Bertz CT molecular complexity index is 667. The first kappa shape index (κ1) is 15.5. The van der Waals surface area contributed by atoms with Crippen molar-refractivity contribution in [3.63, 3.8) is 0 Å². The maximum absolute atomic E-state index is 12.3. The molecule has 0 aromatic heterocycles. The smallest absolute Gasteiger partial charge is 0.243 e. The van der Waals surface area contributed by atoms with E-state index in [0.29, 0.717) is 6.54 Å². The number of hydrazine groups is 1. The number of nitrogens with zero attached hydrogens (tertiary/aromatic N) is 1. The van der Waals surface area contributed by atoms with Gasteiger partial charge in [-0.3, -0.25) is 25.2 Å². The van der Waals surface area contributed by atoms with Crippen LogP contribution in [0.1, 0.15) is 30.4 Å². The summed E-state index contributed by atoms with van der Waals surface area (Å²) in [6.45, 7) is 4.31. The fraction of sp³-hybridized carbons (Fsp3) is 0.471. The average Bonchev–Trinajstić information content (AvgIpc) is 3.30. The van der Waals surface area contributed by atoms with Gasteiger partial charge >= 0.3 is 0 Å². The number of rotatable bonds is 3. The molecule has 6 nitrogen and oxygen atoms in total. The van der Waals surface area contributed by atoms with Crippen molar-refractivity contribution in [3.8, 4) is 0 Å². The first-order valence-corrected chi connectivity index (χ1v) is 7.93. The van der Waals surface area contributed by atoms with Crippen molar-refractivity contribution in [2.24, 2.45) is 11.8 Å². The highest BCUT2D eigenvalue weighted by atomic mass is 16.2. The lowest BCUT2D eigenvalue weighted by molar-refractivity contribution is -0.131. The molecule has 122 valence electrons. The molecule has 1 atom stereocenters. The lowest BCUT2D eigenvalue weighted by Crippen LogP contribution is -2.45. The Balaban J connectivity index is 1.63. The summed E-state index contributed by atoms with van der Waals surface area (Å²) in [4.78, 5) is 37.6. The maximum atomic E-state index is 12.3. The first-order valence-electron chi connectivity index (χ1n) is 7.93. The third-order valence-corrected chi connectivity index (χ3v) is 4.62. The summed E-state index contributed by atoms with van der Waals surface area (Å²) in [5.41, 5.74) is 7.90. The van der Waals surface area contributed by atoms with Crippen LogP contribution in [0.2, 0.25) is 0 Å². The van der Waals surface area contributed by atoms with Crippen LogP contribution in [0.5, 0.6) is 0 Å².